The van der Waals surface area contributed by atoms with Crippen molar-refractivity contribution >= 4 is 31.8 Å². The Morgan fingerprint density at radius 2 is 1.70 bits per heavy atom. The van der Waals surface area contributed by atoms with Crippen molar-refractivity contribution in [3.05, 3.63) is 36.0 Å². The molecule has 0 aliphatic heterocycles. The summed E-state index contributed by atoms with van der Waals surface area (Å²) in [6.45, 7) is 0.708. The smallest absolute Gasteiger partial charge is 0.232 e. The molecule has 0 bridgehead atoms. The maximum atomic E-state index is 11.8. The van der Waals surface area contributed by atoms with Crippen molar-refractivity contribution in [3.63, 3.8) is 0 Å². The Morgan fingerprint density at radius 1 is 1.09 bits per heavy atom. The van der Waals surface area contributed by atoms with Crippen molar-refractivity contribution in [3.8, 4) is 0 Å². The van der Waals surface area contributed by atoms with Gasteiger partial charge < -0.3 is 4.90 Å². The van der Waals surface area contributed by atoms with Crippen LogP contribution in [-0.4, -0.2) is 54.4 Å². The van der Waals surface area contributed by atoms with Crippen molar-refractivity contribution in [1.29, 1.82) is 0 Å². The van der Waals surface area contributed by atoms with Gasteiger partial charge in [-0.15, -0.1) is 0 Å². The second-order valence-electron chi connectivity index (χ2n) is 5.42. The van der Waals surface area contributed by atoms with Crippen molar-refractivity contribution < 1.29 is 16.8 Å². The first-order valence-electron chi connectivity index (χ1n) is 6.96. The maximum Gasteiger partial charge on any atom is 0.232 e. The van der Waals surface area contributed by atoms with Crippen LogP contribution in [0, 0.1) is 0 Å². The second kappa shape index (κ2) is 8.32. The molecule has 0 radical (unpaired) electrons. The van der Waals surface area contributed by atoms with E-state index in [2.05, 4.69) is 9.44 Å². The molecular formula is C14H23N3O4S2. The van der Waals surface area contributed by atoms with Crippen LogP contribution >= 0.6 is 0 Å². The molecule has 9 heteroatoms. The predicted octanol–water partition coefficient (Wildman–Crippen LogP) is 0.900. The minimum absolute atomic E-state index is 0.0622. The topological polar surface area (TPSA) is 95.6 Å². The van der Waals surface area contributed by atoms with Crippen LogP contribution in [0.15, 0.2) is 30.5 Å². The summed E-state index contributed by atoms with van der Waals surface area (Å²) in [6, 6.07) is 6.58. The van der Waals surface area contributed by atoms with Gasteiger partial charge >= 0.3 is 0 Å². The third-order valence-corrected chi connectivity index (χ3v) is 4.68. The van der Waals surface area contributed by atoms with Gasteiger partial charge in [0.15, 0.2) is 0 Å². The summed E-state index contributed by atoms with van der Waals surface area (Å²) in [7, 11) is -2.86. The van der Waals surface area contributed by atoms with Gasteiger partial charge in [-0.05, 0) is 50.8 Å². The average Bonchev–Trinajstić information content (AvgIpc) is 2.38. The fourth-order valence-electron chi connectivity index (χ4n) is 1.74. The molecule has 0 aliphatic carbocycles. The molecule has 0 heterocycles. The summed E-state index contributed by atoms with van der Waals surface area (Å²) in [4.78, 5) is 1.93. The lowest BCUT2D eigenvalue weighted by molar-refractivity contribution is 0.408. The molecule has 0 aliphatic rings. The van der Waals surface area contributed by atoms with Crippen LogP contribution < -0.4 is 9.44 Å². The van der Waals surface area contributed by atoms with Gasteiger partial charge in [-0.1, -0.05) is 12.1 Å². The van der Waals surface area contributed by atoms with E-state index in [4.69, 9.17) is 0 Å². The molecule has 0 saturated heterocycles. The van der Waals surface area contributed by atoms with Gasteiger partial charge in [-0.3, -0.25) is 9.44 Å². The lowest BCUT2D eigenvalue weighted by atomic mass is 10.2. The van der Waals surface area contributed by atoms with E-state index in [0.29, 0.717) is 18.7 Å². The monoisotopic (exact) mass is 361 g/mol. The molecule has 2 N–H and O–H groups in total. The van der Waals surface area contributed by atoms with Crippen molar-refractivity contribution in [2.75, 3.05) is 37.4 Å². The van der Waals surface area contributed by atoms with Crippen LogP contribution in [0.2, 0.25) is 0 Å². The van der Waals surface area contributed by atoms with E-state index >= 15 is 0 Å². The Balaban J connectivity index is 2.54. The number of sulfonamides is 2. The first kappa shape index (κ1) is 19.5. The SMILES string of the molecule is CN(C)CCCS(=O)(=O)NC=Cc1ccc(NS(C)(=O)=O)cc1. The Labute approximate surface area is 138 Å². The molecule has 0 unspecified atom stereocenters. The Morgan fingerprint density at radius 3 is 2.22 bits per heavy atom. The first-order valence-corrected chi connectivity index (χ1v) is 10.5. The van der Waals surface area contributed by atoms with Crippen LogP contribution in [0.4, 0.5) is 5.69 Å². The third-order valence-electron chi connectivity index (χ3n) is 2.76. The minimum atomic E-state index is -3.33. The van der Waals surface area contributed by atoms with E-state index in [-0.39, 0.29) is 5.75 Å². The van der Waals surface area contributed by atoms with Crippen LogP contribution in [0.5, 0.6) is 0 Å². The molecule has 130 valence electrons. The van der Waals surface area contributed by atoms with Crippen LogP contribution in [-0.2, 0) is 20.0 Å². The predicted molar refractivity (Wildman–Crippen MR) is 94.0 cm³/mol. The summed E-state index contributed by atoms with van der Waals surface area (Å²) >= 11 is 0. The van der Waals surface area contributed by atoms with Crippen molar-refractivity contribution in [2.24, 2.45) is 0 Å². The fourth-order valence-corrected chi connectivity index (χ4v) is 3.21. The summed E-state index contributed by atoms with van der Waals surface area (Å²) in [5, 5.41) is 0. The highest BCUT2D eigenvalue weighted by Gasteiger charge is 2.07. The summed E-state index contributed by atoms with van der Waals surface area (Å²) < 4.78 is 50.4. The zero-order chi connectivity index (χ0) is 17.5. The van der Waals surface area contributed by atoms with Gasteiger partial charge in [0.2, 0.25) is 20.0 Å². The number of benzene rings is 1. The second-order valence-corrected chi connectivity index (χ2v) is 9.05. The van der Waals surface area contributed by atoms with Gasteiger partial charge in [0.25, 0.3) is 0 Å². The number of hydrogen-bond donors (Lipinski definition) is 2. The van der Waals surface area contributed by atoms with Crippen molar-refractivity contribution in [1.82, 2.24) is 9.62 Å². The summed E-state index contributed by atoms with van der Waals surface area (Å²) in [5.41, 5.74) is 1.20. The molecule has 1 aromatic carbocycles. The molecule has 0 spiro atoms. The lowest BCUT2D eigenvalue weighted by Gasteiger charge is -2.09. The van der Waals surface area contributed by atoms with Gasteiger partial charge in [-0.2, -0.15) is 0 Å². The molecule has 7 nitrogen and oxygen atoms in total. The fraction of sp³-hybridized carbons (Fsp3) is 0.429. The van der Waals surface area contributed by atoms with Crippen LogP contribution in [0.25, 0.3) is 6.08 Å². The molecule has 0 saturated carbocycles. The van der Waals surface area contributed by atoms with E-state index < -0.39 is 20.0 Å². The average molecular weight is 361 g/mol. The molecule has 1 rings (SSSR count). The van der Waals surface area contributed by atoms with Crippen LogP contribution in [0.1, 0.15) is 12.0 Å². The highest BCUT2D eigenvalue weighted by Crippen LogP contribution is 2.11. The van der Waals surface area contributed by atoms with Crippen molar-refractivity contribution in [2.45, 2.75) is 6.42 Å². The minimum Gasteiger partial charge on any atom is -0.309 e. The Bertz CT molecular complexity index is 724. The largest absolute Gasteiger partial charge is 0.309 e. The number of nitrogens with zero attached hydrogens (tertiary/aromatic N) is 1. The number of rotatable bonds is 9. The molecule has 1 aromatic rings. The zero-order valence-corrected chi connectivity index (χ0v) is 15.1. The van der Waals surface area contributed by atoms with E-state index in [1.807, 2.05) is 19.0 Å². The lowest BCUT2D eigenvalue weighted by Crippen LogP contribution is -2.24. The standard InChI is InChI=1S/C14H23N3O4S2/c1-17(2)11-4-12-23(20,21)15-10-9-13-5-7-14(8-6-13)16-22(3,18)19/h5-10,15-16H,4,11-12H2,1-3H3. The zero-order valence-electron chi connectivity index (χ0n) is 13.5. The van der Waals surface area contributed by atoms with E-state index in [9.17, 15) is 16.8 Å². The summed E-state index contributed by atoms with van der Waals surface area (Å²) in [6.07, 6.45) is 4.60. The molecule has 23 heavy (non-hydrogen) atoms. The summed E-state index contributed by atoms with van der Waals surface area (Å²) in [5.74, 6) is 0.0622. The quantitative estimate of drug-likeness (QED) is 0.681. The van der Waals surface area contributed by atoms with E-state index in [0.717, 1.165) is 11.8 Å². The highest BCUT2D eigenvalue weighted by molar-refractivity contribution is 7.92. The Hall–Kier alpha value is -1.58. The molecule has 0 amide bonds. The van der Waals surface area contributed by atoms with Crippen LogP contribution in [0.3, 0.4) is 0 Å². The van der Waals surface area contributed by atoms with Gasteiger partial charge in [-0.25, -0.2) is 16.8 Å². The molecule has 0 fully saturated rings. The molecule has 0 atom stereocenters. The Kier molecular flexibility index (Phi) is 7.04. The first-order chi connectivity index (χ1) is 10.6. The van der Waals surface area contributed by atoms with Gasteiger partial charge in [0, 0.05) is 11.9 Å². The molecular weight excluding hydrogens is 338 g/mol. The normalized spacial score (nSPS) is 12.7. The van der Waals surface area contributed by atoms with Gasteiger partial charge in [0.1, 0.15) is 0 Å². The highest BCUT2D eigenvalue weighted by atomic mass is 32.2. The maximum absolute atomic E-state index is 11.8. The van der Waals surface area contributed by atoms with E-state index in [1.54, 1.807) is 30.3 Å². The number of nitrogens with one attached hydrogen (secondary N) is 2. The third kappa shape index (κ3) is 9.22. The number of anilines is 1. The molecule has 0 aromatic heterocycles. The van der Waals surface area contributed by atoms with Gasteiger partial charge in [0.05, 0.1) is 12.0 Å². The number of hydrogen-bond acceptors (Lipinski definition) is 5. The van der Waals surface area contributed by atoms with E-state index in [1.165, 1.54) is 6.20 Å².